The Balaban J connectivity index is 1.60. The molecule has 0 spiro atoms. The van der Waals surface area contributed by atoms with Crippen molar-refractivity contribution in [2.24, 2.45) is 0 Å². The van der Waals surface area contributed by atoms with E-state index >= 15 is 0 Å². The van der Waals surface area contributed by atoms with Gasteiger partial charge in [-0.2, -0.15) is 0 Å². The van der Waals surface area contributed by atoms with Gasteiger partial charge in [-0.1, -0.05) is 42.6 Å². The van der Waals surface area contributed by atoms with Gasteiger partial charge in [-0.3, -0.25) is 13.9 Å². The first-order chi connectivity index (χ1) is 17.1. The largest absolute Gasteiger partial charge is 0.454 e. The number of carbonyl (C=O) groups is 2. The molecule has 1 saturated carbocycles. The highest BCUT2D eigenvalue weighted by atomic mass is 35.5. The van der Waals surface area contributed by atoms with Gasteiger partial charge in [0.1, 0.15) is 12.6 Å². The molecule has 2 aromatic rings. The van der Waals surface area contributed by atoms with Gasteiger partial charge in [0, 0.05) is 23.7 Å². The lowest BCUT2D eigenvalue weighted by molar-refractivity contribution is -0.139. The van der Waals surface area contributed by atoms with E-state index in [0.29, 0.717) is 22.1 Å². The van der Waals surface area contributed by atoms with Crippen molar-refractivity contribution in [3.63, 3.8) is 0 Å². The van der Waals surface area contributed by atoms with E-state index in [1.54, 1.807) is 43.3 Å². The smallest absolute Gasteiger partial charge is 0.244 e. The SMILES string of the molecule is C[C@H](C(=O)NC1CCCC1)N(Cc1ccccc1Cl)C(=O)CN(c1ccc2c(c1)OCO2)S(C)(=O)=O. The number of hydrogen-bond donors (Lipinski definition) is 1. The topological polar surface area (TPSA) is 105 Å². The molecule has 1 aliphatic heterocycles. The summed E-state index contributed by atoms with van der Waals surface area (Å²) >= 11 is 6.35. The lowest BCUT2D eigenvalue weighted by Gasteiger charge is -2.32. The van der Waals surface area contributed by atoms with Crippen LogP contribution in [0.4, 0.5) is 5.69 Å². The molecule has 2 aromatic carbocycles. The molecule has 36 heavy (non-hydrogen) atoms. The predicted molar refractivity (Wildman–Crippen MR) is 137 cm³/mol. The number of rotatable bonds is 9. The van der Waals surface area contributed by atoms with E-state index in [2.05, 4.69) is 5.32 Å². The molecule has 0 bridgehead atoms. The van der Waals surface area contributed by atoms with E-state index in [0.717, 1.165) is 36.2 Å². The van der Waals surface area contributed by atoms with Gasteiger partial charge in [0.15, 0.2) is 11.5 Å². The number of amides is 2. The minimum absolute atomic E-state index is 0.0375. The van der Waals surface area contributed by atoms with E-state index < -0.39 is 28.5 Å². The second kappa shape index (κ2) is 11.0. The van der Waals surface area contributed by atoms with Gasteiger partial charge < -0.3 is 19.7 Å². The van der Waals surface area contributed by atoms with Crippen molar-refractivity contribution in [3.05, 3.63) is 53.1 Å². The van der Waals surface area contributed by atoms with Crippen molar-refractivity contribution in [2.45, 2.75) is 51.2 Å². The highest BCUT2D eigenvalue weighted by Crippen LogP contribution is 2.36. The number of nitrogens with one attached hydrogen (secondary N) is 1. The van der Waals surface area contributed by atoms with Crippen LogP contribution in [-0.4, -0.2) is 56.8 Å². The van der Waals surface area contributed by atoms with Gasteiger partial charge in [0.05, 0.1) is 11.9 Å². The molecule has 0 radical (unpaired) electrons. The third-order valence-electron chi connectivity index (χ3n) is 6.49. The van der Waals surface area contributed by atoms with Gasteiger partial charge >= 0.3 is 0 Å². The van der Waals surface area contributed by atoms with Gasteiger partial charge in [-0.05, 0) is 43.5 Å². The van der Waals surface area contributed by atoms with Crippen LogP contribution in [0.3, 0.4) is 0 Å². The molecule has 0 saturated heterocycles. The molecular formula is C25H30ClN3O6S. The van der Waals surface area contributed by atoms with E-state index in [4.69, 9.17) is 21.1 Å². The first-order valence-corrected chi connectivity index (χ1v) is 14.1. The lowest BCUT2D eigenvalue weighted by atomic mass is 10.1. The maximum atomic E-state index is 13.6. The van der Waals surface area contributed by atoms with Crippen LogP contribution >= 0.6 is 11.6 Å². The van der Waals surface area contributed by atoms with Crippen LogP contribution in [0, 0.1) is 0 Å². The average molecular weight is 536 g/mol. The van der Waals surface area contributed by atoms with Crippen LogP contribution in [0.25, 0.3) is 0 Å². The Hall–Kier alpha value is -2.98. The molecule has 1 fully saturated rings. The Morgan fingerprint density at radius 1 is 1.11 bits per heavy atom. The molecule has 1 N–H and O–H groups in total. The third kappa shape index (κ3) is 6.04. The van der Waals surface area contributed by atoms with Crippen LogP contribution in [-0.2, 0) is 26.2 Å². The van der Waals surface area contributed by atoms with Crippen molar-refractivity contribution in [3.8, 4) is 11.5 Å². The monoisotopic (exact) mass is 535 g/mol. The molecule has 11 heteroatoms. The lowest BCUT2D eigenvalue weighted by Crippen LogP contribution is -2.52. The molecule has 4 rings (SSSR count). The predicted octanol–water partition coefficient (Wildman–Crippen LogP) is 3.31. The van der Waals surface area contributed by atoms with E-state index in [1.165, 1.54) is 11.0 Å². The molecule has 1 atom stereocenters. The van der Waals surface area contributed by atoms with Crippen LogP contribution in [0.1, 0.15) is 38.2 Å². The minimum Gasteiger partial charge on any atom is -0.454 e. The molecule has 194 valence electrons. The van der Waals surface area contributed by atoms with E-state index in [9.17, 15) is 18.0 Å². The van der Waals surface area contributed by atoms with Crippen molar-refractivity contribution in [1.82, 2.24) is 10.2 Å². The van der Waals surface area contributed by atoms with Crippen LogP contribution in [0.2, 0.25) is 5.02 Å². The van der Waals surface area contributed by atoms with Gasteiger partial charge in [0.2, 0.25) is 28.6 Å². The number of ether oxygens (including phenoxy) is 2. The van der Waals surface area contributed by atoms with E-state index in [-0.39, 0.29) is 31.0 Å². The number of sulfonamides is 1. The first kappa shape index (κ1) is 26.1. The number of fused-ring (bicyclic) bond motifs is 1. The Bertz CT molecular complexity index is 1230. The number of hydrogen-bond acceptors (Lipinski definition) is 6. The second-order valence-electron chi connectivity index (χ2n) is 9.09. The maximum Gasteiger partial charge on any atom is 0.244 e. The molecule has 2 aliphatic rings. The Morgan fingerprint density at radius 2 is 1.81 bits per heavy atom. The quantitative estimate of drug-likeness (QED) is 0.528. The number of benzene rings is 2. The highest BCUT2D eigenvalue weighted by molar-refractivity contribution is 7.92. The summed E-state index contributed by atoms with van der Waals surface area (Å²) in [5.74, 6) is 0.0743. The fourth-order valence-corrected chi connectivity index (χ4v) is 5.48. The van der Waals surface area contributed by atoms with Crippen LogP contribution in [0.5, 0.6) is 11.5 Å². The molecule has 2 amide bonds. The Labute approximate surface area is 216 Å². The number of halogens is 1. The zero-order valence-electron chi connectivity index (χ0n) is 20.3. The Morgan fingerprint density at radius 3 is 2.50 bits per heavy atom. The van der Waals surface area contributed by atoms with Crippen molar-refractivity contribution in [1.29, 1.82) is 0 Å². The number of carbonyl (C=O) groups excluding carboxylic acids is 2. The number of anilines is 1. The second-order valence-corrected chi connectivity index (χ2v) is 11.4. The number of nitrogens with zero attached hydrogens (tertiary/aromatic N) is 2. The highest BCUT2D eigenvalue weighted by Gasteiger charge is 2.32. The minimum atomic E-state index is -3.85. The normalized spacial score (nSPS) is 16.0. The third-order valence-corrected chi connectivity index (χ3v) is 8.00. The standard InChI is InChI=1S/C25H30ClN3O6S/c1-17(25(31)27-19-8-4-5-9-19)28(14-18-7-3-6-10-21(18)26)24(30)15-29(36(2,32)33)20-11-12-22-23(13-20)35-16-34-22/h3,6-7,10-13,17,19H,4-5,8-9,14-16H2,1-2H3,(H,27,31)/t17-/m1/s1. The molecule has 1 aliphatic carbocycles. The summed E-state index contributed by atoms with van der Waals surface area (Å²) in [5, 5.41) is 3.48. The summed E-state index contributed by atoms with van der Waals surface area (Å²) in [6, 6.07) is 11.0. The first-order valence-electron chi connectivity index (χ1n) is 11.8. The molecule has 1 heterocycles. The fraction of sp³-hybridized carbons (Fsp3) is 0.440. The van der Waals surface area contributed by atoms with Crippen molar-refractivity contribution >= 4 is 39.1 Å². The molecule has 0 unspecified atom stereocenters. The average Bonchev–Trinajstić information content (AvgIpc) is 3.52. The maximum absolute atomic E-state index is 13.6. The zero-order chi connectivity index (χ0) is 25.9. The van der Waals surface area contributed by atoms with Crippen LogP contribution in [0.15, 0.2) is 42.5 Å². The summed E-state index contributed by atoms with van der Waals surface area (Å²) in [4.78, 5) is 28.1. The molecular weight excluding hydrogens is 506 g/mol. The summed E-state index contributed by atoms with van der Waals surface area (Å²) < 4.78 is 37.1. The fourth-order valence-electron chi connectivity index (χ4n) is 4.44. The summed E-state index contributed by atoms with van der Waals surface area (Å²) in [5.41, 5.74) is 0.915. The zero-order valence-corrected chi connectivity index (χ0v) is 21.8. The van der Waals surface area contributed by atoms with E-state index in [1.807, 2.05) is 0 Å². The summed E-state index contributed by atoms with van der Waals surface area (Å²) in [7, 11) is -3.85. The van der Waals surface area contributed by atoms with Gasteiger partial charge in [0.25, 0.3) is 0 Å². The molecule has 0 aromatic heterocycles. The van der Waals surface area contributed by atoms with Gasteiger partial charge in [-0.25, -0.2) is 8.42 Å². The van der Waals surface area contributed by atoms with Crippen molar-refractivity contribution in [2.75, 3.05) is 23.9 Å². The summed E-state index contributed by atoms with van der Waals surface area (Å²) in [6.45, 7) is 1.24. The van der Waals surface area contributed by atoms with Gasteiger partial charge in [-0.15, -0.1) is 0 Å². The molecule has 9 nitrogen and oxygen atoms in total. The summed E-state index contributed by atoms with van der Waals surface area (Å²) in [6.07, 6.45) is 4.95. The van der Waals surface area contributed by atoms with Crippen molar-refractivity contribution < 1.29 is 27.5 Å². The van der Waals surface area contributed by atoms with Crippen LogP contribution < -0.4 is 19.1 Å². The Kier molecular flexibility index (Phi) is 7.94.